The van der Waals surface area contributed by atoms with Gasteiger partial charge in [-0.1, -0.05) is 43.7 Å². The van der Waals surface area contributed by atoms with Crippen LogP contribution in [0, 0.1) is 0 Å². The second-order valence-electron chi connectivity index (χ2n) is 8.84. The van der Waals surface area contributed by atoms with Crippen molar-refractivity contribution in [2.24, 2.45) is 0 Å². The van der Waals surface area contributed by atoms with Crippen molar-refractivity contribution in [3.8, 4) is 5.75 Å². The summed E-state index contributed by atoms with van der Waals surface area (Å²) in [5.74, 6) is 0.307. The first kappa shape index (κ1) is 25.7. The molecule has 1 unspecified atom stereocenters. The van der Waals surface area contributed by atoms with Crippen molar-refractivity contribution in [3.05, 3.63) is 65.7 Å². The predicted molar refractivity (Wildman–Crippen MR) is 135 cm³/mol. The maximum atomic E-state index is 12.3. The number of hydrogen-bond donors (Lipinski definition) is 2. The molecule has 3 rings (SSSR count). The first-order valence-corrected chi connectivity index (χ1v) is 12.3. The van der Waals surface area contributed by atoms with E-state index in [0.29, 0.717) is 24.8 Å². The van der Waals surface area contributed by atoms with Gasteiger partial charge < -0.3 is 20.3 Å². The van der Waals surface area contributed by atoms with Crippen LogP contribution < -0.4 is 15.4 Å². The molecule has 1 aliphatic heterocycles. The van der Waals surface area contributed by atoms with Gasteiger partial charge in [0.25, 0.3) is 5.91 Å². The monoisotopic (exact) mass is 466 g/mol. The van der Waals surface area contributed by atoms with E-state index >= 15 is 0 Å². The highest BCUT2D eigenvalue weighted by atomic mass is 16.5. The largest absolute Gasteiger partial charge is 0.494 e. The summed E-state index contributed by atoms with van der Waals surface area (Å²) in [5.41, 5.74) is 1.85. The van der Waals surface area contributed by atoms with Gasteiger partial charge in [0.1, 0.15) is 5.75 Å². The predicted octanol–water partition coefficient (Wildman–Crippen LogP) is 3.09. The zero-order valence-electron chi connectivity index (χ0n) is 20.5. The Morgan fingerprint density at radius 1 is 1.00 bits per heavy atom. The van der Waals surface area contributed by atoms with Gasteiger partial charge in [-0.3, -0.25) is 14.5 Å². The number of rotatable bonds is 12. The standard InChI is InChI=1S/C27H38N4O3/c1-3-4-19-34-24-13-11-23(12-14-24)27(33)29-20-26(32)28-15-8-16-31-18-17-30(2)21-25(31)22-9-6-5-7-10-22/h5-7,9-14,25H,3-4,8,15-21H2,1-2H3,(H,28,32)(H,29,33). The van der Waals surface area contributed by atoms with E-state index in [1.54, 1.807) is 24.3 Å². The molecule has 0 saturated carbocycles. The number of benzene rings is 2. The molecule has 2 N–H and O–H groups in total. The third-order valence-corrected chi connectivity index (χ3v) is 6.12. The van der Waals surface area contributed by atoms with Crippen LogP contribution in [0.1, 0.15) is 48.1 Å². The second-order valence-corrected chi connectivity index (χ2v) is 8.84. The van der Waals surface area contributed by atoms with Crippen molar-refractivity contribution >= 4 is 11.8 Å². The summed E-state index contributed by atoms with van der Waals surface area (Å²) in [6.45, 7) is 7.34. The molecular formula is C27H38N4O3. The Labute approximate surface area is 203 Å². The van der Waals surface area contributed by atoms with E-state index in [1.807, 2.05) is 6.07 Å². The Morgan fingerprint density at radius 3 is 2.50 bits per heavy atom. The SMILES string of the molecule is CCCCOc1ccc(C(=O)NCC(=O)NCCCN2CCN(C)CC2c2ccccc2)cc1. The molecule has 0 aromatic heterocycles. The highest BCUT2D eigenvalue weighted by molar-refractivity contribution is 5.96. The number of carbonyl (C=O) groups is 2. The van der Waals surface area contributed by atoms with E-state index in [2.05, 4.69) is 58.7 Å². The number of nitrogens with zero attached hydrogens (tertiary/aromatic N) is 2. The quantitative estimate of drug-likeness (QED) is 0.470. The summed E-state index contributed by atoms with van der Waals surface area (Å²) in [4.78, 5) is 29.4. The third-order valence-electron chi connectivity index (χ3n) is 6.12. The molecule has 7 nitrogen and oxygen atoms in total. The van der Waals surface area contributed by atoms with Gasteiger partial charge in [0.05, 0.1) is 13.2 Å². The number of nitrogens with one attached hydrogen (secondary N) is 2. The van der Waals surface area contributed by atoms with Gasteiger partial charge in [0, 0.05) is 44.3 Å². The van der Waals surface area contributed by atoms with E-state index in [-0.39, 0.29) is 18.4 Å². The van der Waals surface area contributed by atoms with Gasteiger partial charge in [-0.2, -0.15) is 0 Å². The number of amides is 2. The molecule has 0 radical (unpaired) electrons. The number of unbranched alkanes of at least 4 members (excludes halogenated alkanes) is 1. The third kappa shape index (κ3) is 8.15. The van der Waals surface area contributed by atoms with E-state index in [1.165, 1.54) is 5.56 Å². The summed E-state index contributed by atoms with van der Waals surface area (Å²) < 4.78 is 5.61. The molecule has 1 atom stereocenters. The summed E-state index contributed by atoms with van der Waals surface area (Å²) in [6, 6.07) is 18.0. The summed E-state index contributed by atoms with van der Waals surface area (Å²) in [5, 5.41) is 5.61. The van der Waals surface area contributed by atoms with Gasteiger partial charge in [0.15, 0.2) is 0 Å². The fourth-order valence-electron chi connectivity index (χ4n) is 4.09. The minimum absolute atomic E-state index is 0.0330. The van der Waals surface area contributed by atoms with Crippen molar-refractivity contribution < 1.29 is 14.3 Å². The van der Waals surface area contributed by atoms with E-state index in [4.69, 9.17) is 4.74 Å². The summed E-state index contributed by atoms with van der Waals surface area (Å²) in [7, 11) is 2.16. The minimum Gasteiger partial charge on any atom is -0.494 e. The fourth-order valence-corrected chi connectivity index (χ4v) is 4.09. The zero-order valence-corrected chi connectivity index (χ0v) is 20.5. The van der Waals surface area contributed by atoms with Crippen molar-refractivity contribution in [3.63, 3.8) is 0 Å². The first-order valence-electron chi connectivity index (χ1n) is 12.3. The van der Waals surface area contributed by atoms with Crippen LogP contribution in [-0.2, 0) is 4.79 Å². The van der Waals surface area contributed by atoms with Crippen LogP contribution >= 0.6 is 0 Å². The number of hydrogen-bond acceptors (Lipinski definition) is 5. The normalized spacial score (nSPS) is 16.7. The van der Waals surface area contributed by atoms with Crippen molar-refractivity contribution in [2.75, 3.05) is 52.9 Å². The molecule has 0 bridgehead atoms. The maximum absolute atomic E-state index is 12.3. The molecule has 0 aliphatic carbocycles. The van der Waals surface area contributed by atoms with Gasteiger partial charge in [-0.15, -0.1) is 0 Å². The molecule has 1 heterocycles. The Morgan fingerprint density at radius 2 is 1.76 bits per heavy atom. The van der Waals surface area contributed by atoms with E-state index in [0.717, 1.165) is 51.2 Å². The van der Waals surface area contributed by atoms with Gasteiger partial charge in [0.2, 0.25) is 5.91 Å². The van der Waals surface area contributed by atoms with E-state index < -0.39 is 0 Å². The Hall–Kier alpha value is -2.90. The molecule has 184 valence electrons. The Balaban J connectivity index is 1.35. The average Bonchev–Trinajstić information content (AvgIpc) is 2.87. The molecule has 7 heteroatoms. The molecule has 1 aliphatic rings. The number of likely N-dealkylation sites (N-methyl/N-ethyl adjacent to an activating group) is 1. The number of piperazine rings is 1. The molecule has 2 aromatic rings. The van der Waals surface area contributed by atoms with Gasteiger partial charge in [-0.05, 0) is 49.7 Å². The lowest BCUT2D eigenvalue weighted by atomic mass is 10.0. The molecule has 2 aromatic carbocycles. The molecule has 1 fully saturated rings. The van der Waals surface area contributed by atoms with Gasteiger partial charge in [-0.25, -0.2) is 0 Å². The minimum atomic E-state index is -0.265. The van der Waals surface area contributed by atoms with Crippen LogP contribution in [-0.4, -0.2) is 74.5 Å². The van der Waals surface area contributed by atoms with Crippen LogP contribution in [0.15, 0.2) is 54.6 Å². The zero-order chi connectivity index (χ0) is 24.2. The van der Waals surface area contributed by atoms with Crippen LogP contribution in [0.4, 0.5) is 0 Å². The van der Waals surface area contributed by atoms with Crippen LogP contribution in [0.5, 0.6) is 5.75 Å². The topological polar surface area (TPSA) is 73.9 Å². The van der Waals surface area contributed by atoms with Crippen molar-refractivity contribution in [1.29, 1.82) is 0 Å². The molecular weight excluding hydrogens is 428 g/mol. The summed E-state index contributed by atoms with van der Waals surface area (Å²) in [6.07, 6.45) is 2.94. The highest BCUT2D eigenvalue weighted by Gasteiger charge is 2.25. The van der Waals surface area contributed by atoms with Crippen LogP contribution in [0.2, 0.25) is 0 Å². The fraction of sp³-hybridized carbons (Fsp3) is 0.481. The average molecular weight is 467 g/mol. The number of carbonyl (C=O) groups excluding carboxylic acids is 2. The maximum Gasteiger partial charge on any atom is 0.251 e. The van der Waals surface area contributed by atoms with Crippen molar-refractivity contribution in [1.82, 2.24) is 20.4 Å². The van der Waals surface area contributed by atoms with Crippen LogP contribution in [0.25, 0.3) is 0 Å². The molecule has 2 amide bonds. The molecule has 34 heavy (non-hydrogen) atoms. The highest BCUT2D eigenvalue weighted by Crippen LogP contribution is 2.24. The Kier molecular flexibility index (Phi) is 10.4. The number of ether oxygens (including phenoxy) is 1. The van der Waals surface area contributed by atoms with Gasteiger partial charge >= 0.3 is 0 Å². The smallest absolute Gasteiger partial charge is 0.251 e. The lowest BCUT2D eigenvalue weighted by Crippen LogP contribution is -2.47. The molecule has 1 saturated heterocycles. The first-order chi connectivity index (χ1) is 16.6. The van der Waals surface area contributed by atoms with Crippen molar-refractivity contribution in [2.45, 2.75) is 32.2 Å². The Bertz CT molecular complexity index is 889. The molecule has 0 spiro atoms. The summed E-state index contributed by atoms with van der Waals surface area (Å²) >= 11 is 0. The second kappa shape index (κ2) is 13.7. The lowest BCUT2D eigenvalue weighted by Gasteiger charge is -2.40. The van der Waals surface area contributed by atoms with Crippen LogP contribution in [0.3, 0.4) is 0 Å². The lowest BCUT2D eigenvalue weighted by molar-refractivity contribution is -0.120. The van der Waals surface area contributed by atoms with E-state index in [9.17, 15) is 9.59 Å².